The third-order valence-corrected chi connectivity index (χ3v) is 14.2. The lowest BCUT2D eigenvalue weighted by molar-refractivity contribution is 0.263. The van der Waals surface area contributed by atoms with E-state index in [1.807, 2.05) is 0 Å². The maximum atomic E-state index is 4.46. The van der Waals surface area contributed by atoms with E-state index < -0.39 is 8.07 Å². The van der Waals surface area contributed by atoms with Gasteiger partial charge in [-0.25, -0.2) is 0 Å². The molecule has 0 N–H and O–H groups in total. The molecule has 22 heavy (non-hydrogen) atoms. The van der Waals surface area contributed by atoms with Crippen LogP contribution in [0.5, 0.6) is 0 Å². The zero-order chi connectivity index (χ0) is 15.2. The van der Waals surface area contributed by atoms with Crippen LogP contribution in [-0.4, -0.2) is 8.07 Å². The topological polar surface area (TPSA) is 0 Å². The molecule has 0 spiro atoms. The smallest absolute Gasteiger partial charge is 0.0806 e. The second-order valence-electron chi connectivity index (χ2n) is 9.35. The van der Waals surface area contributed by atoms with Gasteiger partial charge in [-0.2, -0.15) is 0 Å². The minimum atomic E-state index is -1.31. The first-order valence-electron chi connectivity index (χ1n) is 10.4. The van der Waals surface area contributed by atoms with Gasteiger partial charge >= 0.3 is 0 Å². The monoisotopic (exact) mass is 316 g/mol. The van der Waals surface area contributed by atoms with Crippen molar-refractivity contribution in [2.24, 2.45) is 23.7 Å². The third-order valence-electron chi connectivity index (χ3n) is 8.70. The van der Waals surface area contributed by atoms with E-state index in [-0.39, 0.29) is 0 Å². The average Bonchev–Trinajstić information content (AvgIpc) is 3.19. The minimum absolute atomic E-state index is 1.10. The molecule has 0 amide bonds. The van der Waals surface area contributed by atoms with Crippen LogP contribution < -0.4 is 0 Å². The molecule has 0 bridgehead atoms. The molecule has 124 valence electrons. The summed E-state index contributed by atoms with van der Waals surface area (Å²) in [4.78, 5) is 0. The van der Waals surface area contributed by atoms with Gasteiger partial charge in [0, 0.05) is 0 Å². The van der Waals surface area contributed by atoms with Crippen molar-refractivity contribution in [1.29, 1.82) is 0 Å². The zero-order valence-corrected chi connectivity index (χ0v) is 15.7. The summed E-state index contributed by atoms with van der Waals surface area (Å²) in [6.07, 6.45) is 18.6. The molecular formula is C21H36Si. The highest BCUT2D eigenvalue weighted by Crippen LogP contribution is 2.61. The normalized spacial score (nSPS) is 47.5. The Bertz CT molecular complexity index is 382. The van der Waals surface area contributed by atoms with Crippen LogP contribution >= 0.6 is 0 Å². The second kappa shape index (κ2) is 6.11. The van der Waals surface area contributed by atoms with Crippen molar-refractivity contribution in [3.8, 4) is 0 Å². The Morgan fingerprint density at radius 3 is 1.59 bits per heavy atom. The third kappa shape index (κ3) is 2.37. The highest BCUT2D eigenvalue weighted by molar-refractivity contribution is 6.86. The van der Waals surface area contributed by atoms with Gasteiger partial charge in [-0.15, -0.1) is 12.3 Å². The van der Waals surface area contributed by atoms with E-state index in [1.165, 1.54) is 25.7 Å². The van der Waals surface area contributed by atoms with Gasteiger partial charge in [0.25, 0.3) is 0 Å². The van der Waals surface area contributed by atoms with Crippen LogP contribution in [0.15, 0.2) is 12.3 Å². The molecule has 1 heteroatoms. The van der Waals surface area contributed by atoms with E-state index in [0.717, 1.165) is 34.8 Å². The first kappa shape index (κ1) is 15.5. The Morgan fingerprint density at radius 2 is 1.14 bits per heavy atom. The molecule has 6 atom stereocenters. The van der Waals surface area contributed by atoms with E-state index in [0.29, 0.717) is 0 Å². The average molecular weight is 317 g/mol. The van der Waals surface area contributed by atoms with Crippen molar-refractivity contribution in [1.82, 2.24) is 0 Å². The van der Waals surface area contributed by atoms with Gasteiger partial charge in [-0.1, -0.05) is 83.6 Å². The number of hydrogen-bond acceptors (Lipinski definition) is 0. The maximum absolute atomic E-state index is 4.46. The predicted molar refractivity (Wildman–Crippen MR) is 98.7 cm³/mol. The van der Waals surface area contributed by atoms with Crippen LogP contribution in [0.3, 0.4) is 0 Å². The van der Waals surface area contributed by atoms with Gasteiger partial charge < -0.3 is 0 Å². The molecule has 0 aromatic rings. The summed E-state index contributed by atoms with van der Waals surface area (Å²) in [6.45, 7) is 7.23. The fourth-order valence-corrected chi connectivity index (χ4v) is 13.0. The summed E-state index contributed by atoms with van der Waals surface area (Å²) in [6, 6.07) is 0. The summed E-state index contributed by atoms with van der Waals surface area (Å²) in [5.41, 5.74) is 4.78. The van der Waals surface area contributed by atoms with Gasteiger partial charge in [0.15, 0.2) is 0 Å². The Morgan fingerprint density at radius 1 is 0.682 bits per heavy atom. The summed E-state index contributed by atoms with van der Waals surface area (Å²) < 4.78 is 0. The van der Waals surface area contributed by atoms with Crippen LogP contribution in [0, 0.1) is 23.7 Å². The number of hydrogen-bond donors (Lipinski definition) is 0. The van der Waals surface area contributed by atoms with Gasteiger partial charge in [0.05, 0.1) is 8.07 Å². The molecule has 0 nitrogen and oxygen atoms in total. The van der Waals surface area contributed by atoms with Crippen molar-refractivity contribution >= 4 is 8.07 Å². The molecule has 4 saturated carbocycles. The lowest BCUT2D eigenvalue weighted by Gasteiger charge is -2.45. The fourth-order valence-electron chi connectivity index (χ4n) is 7.59. The predicted octanol–water partition coefficient (Wildman–Crippen LogP) is 6.73. The van der Waals surface area contributed by atoms with E-state index in [1.54, 1.807) is 51.4 Å². The quantitative estimate of drug-likeness (QED) is 0.506. The van der Waals surface area contributed by atoms with Gasteiger partial charge in [0.1, 0.15) is 0 Å². The Balaban J connectivity index is 1.58. The van der Waals surface area contributed by atoms with Gasteiger partial charge in [0.2, 0.25) is 0 Å². The van der Waals surface area contributed by atoms with Crippen molar-refractivity contribution in [2.75, 3.05) is 0 Å². The molecule has 0 aliphatic heterocycles. The van der Waals surface area contributed by atoms with E-state index >= 15 is 0 Å². The zero-order valence-electron chi connectivity index (χ0n) is 14.7. The molecule has 0 saturated heterocycles. The Hall–Kier alpha value is -0.0431. The number of rotatable bonds is 3. The van der Waals surface area contributed by atoms with Crippen LogP contribution in [-0.2, 0) is 0 Å². The highest BCUT2D eigenvalue weighted by Gasteiger charge is 2.54. The first-order valence-corrected chi connectivity index (χ1v) is 13.1. The maximum Gasteiger partial charge on any atom is 0.0806 e. The molecule has 4 rings (SSSR count). The van der Waals surface area contributed by atoms with Crippen LogP contribution in [0.2, 0.25) is 17.6 Å². The van der Waals surface area contributed by atoms with Crippen molar-refractivity contribution in [3.05, 3.63) is 12.3 Å². The molecule has 0 aromatic heterocycles. The Kier molecular flexibility index (Phi) is 4.30. The SMILES string of the molecule is C=C[Si](C)(C1CCC2CCCCC21)C1CCC2CCCCC21. The molecule has 4 fully saturated rings. The molecule has 4 aliphatic carbocycles. The van der Waals surface area contributed by atoms with Gasteiger partial charge in [-0.3, -0.25) is 0 Å². The summed E-state index contributed by atoms with van der Waals surface area (Å²) >= 11 is 0. The molecular weight excluding hydrogens is 280 g/mol. The molecule has 6 unspecified atom stereocenters. The lowest BCUT2D eigenvalue weighted by Crippen LogP contribution is -2.44. The van der Waals surface area contributed by atoms with E-state index in [2.05, 4.69) is 18.8 Å². The van der Waals surface area contributed by atoms with E-state index in [9.17, 15) is 0 Å². The molecule has 0 aromatic carbocycles. The highest BCUT2D eigenvalue weighted by atomic mass is 28.3. The van der Waals surface area contributed by atoms with E-state index in [4.69, 9.17) is 0 Å². The number of fused-ring (bicyclic) bond motifs is 2. The van der Waals surface area contributed by atoms with Crippen LogP contribution in [0.1, 0.15) is 77.0 Å². The standard InChI is InChI=1S/C21H36Si/c1-3-22(2,20-14-12-16-8-4-6-10-18(16)20)21-15-13-17-9-5-7-11-19(17)21/h3,16-21H,1,4-15H2,2H3. The molecule has 0 radical (unpaired) electrons. The molecule has 0 heterocycles. The van der Waals surface area contributed by atoms with Crippen molar-refractivity contribution in [2.45, 2.75) is 94.7 Å². The summed E-state index contributed by atoms with van der Waals surface area (Å²) in [5, 5.41) is 0. The molecule has 4 aliphatic rings. The first-order chi connectivity index (χ1) is 10.7. The van der Waals surface area contributed by atoms with Crippen LogP contribution in [0.25, 0.3) is 0 Å². The Labute approximate surface area is 139 Å². The minimum Gasteiger partial charge on any atom is -0.107 e. The summed E-state index contributed by atoms with van der Waals surface area (Å²) in [5.74, 6) is 4.42. The van der Waals surface area contributed by atoms with Crippen molar-refractivity contribution in [3.63, 3.8) is 0 Å². The van der Waals surface area contributed by atoms with Gasteiger partial charge in [-0.05, 0) is 34.8 Å². The van der Waals surface area contributed by atoms with Crippen LogP contribution in [0.4, 0.5) is 0 Å². The largest absolute Gasteiger partial charge is 0.107 e. The van der Waals surface area contributed by atoms with Crippen molar-refractivity contribution < 1.29 is 0 Å². The summed E-state index contributed by atoms with van der Waals surface area (Å²) in [7, 11) is -1.31. The fraction of sp³-hybridized carbons (Fsp3) is 0.905. The second-order valence-corrected chi connectivity index (χ2v) is 14.0. The lowest BCUT2D eigenvalue weighted by atomic mass is 9.81.